The SMILES string of the molecule is CCCC(=O)Oc1ccc(C(OC(=O)CCC)OC(=O)CCC)cc1OC(=O)CCC. The average molecular weight is 437 g/mol. The molecule has 31 heavy (non-hydrogen) atoms. The zero-order valence-corrected chi connectivity index (χ0v) is 18.7. The van der Waals surface area contributed by atoms with Gasteiger partial charge >= 0.3 is 23.9 Å². The largest absolute Gasteiger partial charge is 0.423 e. The highest BCUT2D eigenvalue weighted by Gasteiger charge is 2.24. The summed E-state index contributed by atoms with van der Waals surface area (Å²) in [5, 5.41) is 0. The molecule has 0 fully saturated rings. The first kappa shape index (κ1) is 26.1. The number of esters is 4. The highest BCUT2D eigenvalue weighted by Crippen LogP contribution is 2.33. The Morgan fingerprint density at radius 2 is 1.06 bits per heavy atom. The number of rotatable bonds is 13. The number of hydrogen-bond donors (Lipinski definition) is 0. The molecule has 8 nitrogen and oxygen atoms in total. The van der Waals surface area contributed by atoms with E-state index in [4.69, 9.17) is 18.9 Å². The Morgan fingerprint density at radius 3 is 1.52 bits per heavy atom. The van der Waals surface area contributed by atoms with E-state index >= 15 is 0 Å². The van der Waals surface area contributed by atoms with Crippen LogP contribution in [0.15, 0.2) is 18.2 Å². The number of carbonyl (C=O) groups excluding carboxylic acids is 4. The molecule has 0 saturated heterocycles. The second kappa shape index (κ2) is 14.2. The summed E-state index contributed by atoms with van der Waals surface area (Å²) in [4.78, 5) is 48.0. The van der Waals surface area contributed by atoms with Crippen molar-refractivity contribution in [3.63, 3.8) is 0 Å². The Bertz CT molecular complexity index is 736. The molecular weight excluding hydrogens is 404 g/mol. The molecule has 0 aliphatic heterocycles. The lowest BCUT2D eigenvalue weighted by atomic mass is 10.2. The fraction of sp³-hybridized carbons (Fsp3) is 0.565. The van der Waals surface area contributed by atoms with E-state index in [1.54, 1.807) is 0 Å². The lowest BCUT2D eigenvalue weighted by Crippen LogP contribution is -2.18. The van der Waals surface area contributed by atoms with E-state index in [1.165, 1.54) is 18.2 Å². The molecule has 0 unspecified atom stereocenters. The Labute approximate surface area is 183 Å². The summed E-state index contributed by atoms with van der Waals surface area (Å²) >= 11 is 0. The molecule has 0 atom stereocenters. The third-order valence-corrected chi connectivity index (χ3v) is 3.98. The minimum atomic E-state index is -1.30. The van der Waals surface area contributed by atoms with Crippen molar-refractivity contribution in [3.8, 4) is 11.5 Å². The fourth-order valence-electron chi connectivity index (χ4n) is 2.52. The number of hydrogen-bond acceptors (Lipinski definition) is 8. The van der Waals surface area contributed by atoms with Gasteiger partial charge in [-0.1, -0.05) is 27.7 Å². The van der Waals surface area contributed by atoms with Crippen molar-refractivity contribution in [2.24, 2.45) is 0 Å². The van der Waals surface area contributed by atoms with E-state index in [9.17, 15) is 19.2 Å². The summed E-state index contributed by atoms with van der Waals surface area (Å²) in [5.74, 6) is -1.98. The van der Waals surface area contributed by atoms with Gasteiger partial charge in [0.25, 0.3) is 6.29 Å². The second-order valence-corrected chi connectivity index (χ2v) is 6.97. The Hall–Kier alpha value is -2.90. The summed E-state index contributed by atoms with van der Waals surface area (Å²) < 4.78 is 21.3. The molecule has 1 aromatic carbocycles. The van der Waals surface area contributed by atoms with Gasteiger partial charge in [-0.2, -0.15) is 0 Å². The summed E-state index contributed by atoms with van der Waals surface area (Å²) in [6.07, 6.45) is 1.71. The monoisotopic (exact) mass is 436 g/mol. The van der Waals surface area contributed by atoms with Crippen LogP contribution in [0.4, 0.5) is 0 Å². The molecule has 0 aromatic heterocycles. The molecule has 0 saturated carbocycles. The zero-order chi connectivity index (χ0) is 23.2. The molecule has 0 spiro atoms. The van der Waals surface area contributed by atoms with Crippen LogP contribution in [0.5, 0.6) is 11.5 Å². The standard InChI is InChI=1S/C23H32O8/c1-5-9-19(24)28-17-14-13-16(15-18(17)29-20(25)10-6-2)23(30-21(26)11-7-3)31-22(27)12-8-4/h13-15,23H,5-12H2,1-4H3. The highest BCUT2D eigenvalue weighted by atomic mass is 16.7. The first-order valence-corrected chi connectivity index (χ1v) is 10.8. The van der Waals surface area contributed by atoms with Crippen molar-refractivity contribution < 1.29 is 38.1 Å². The Morgan fingerprint density at radius 1 is 0.645 bits per heavy atom. The third kappa shape index (κ3) is 9.63. The van der Waals surface area contributed by atoms with E-state index in [0.717, 1.165) is 0 Å². The maximum Gasteiger partial charge on any atom is 0.311 e. The highest BCUT2D eigenvalue weighted by molar-refractivity contribution is 5.76. The van der Waals surface area contributed by atoms with Gasteiger partial charge in [0.2, 0.25) is 0 Å². The smallest absolute Gasteiger partial charge is 0.311 e. The van der Waals surface area contributed by atoms with Gasteiger partial charge in [-0.05, 0) is 43.9 Å². The Balaban J connectivity index is 3.25. The fourth-order valence-corrected chi connectivity index (χ4v) is 2.52. The van der Waals surface area contributed by atoms with Crippen LogP contribution in [-0.2, 0) is 28.7 Å². The molecule has 0 heterocycles. The van der Waals surface area contributed by atoms with E-state index in [-0.39, 0.29) is 42.7 Å². The molecule has 1 aromatic rings. The van der Waals surface area contributed by atoms with Gasteiger partial charge in [0.1, 0.15) is 0 Å². The lowest BCUT2D eigenvalue weighted by Gasteiger charge is -2.20. The molecule has 8 heteroatoms. The van der Waals surface area contributed by atoms with Gasteiger partial charge < -0.3 is 18.9 Å². The van der Waals surface area contributed by atoms with Crippen molar-refractivity contribution in [1.82, 2.24) is 0 Å². The number of ether oxygens (including phenoxy) is 4. The first-order valence-electron chi connectivity index (χ1n) is 10.8. The third-order valence-electron chi connectivity index (χ3n) is 3.98. The van der Waals surface area contributed by atoms with Crippen LogP contribution >= 0.6 is 0 Å². The predicted molar refractivity (Wildman–Crippen MR) is 112 cm³/mol. The van der Waals surface area contributed by atoms with Gasteiger partial charge in [-0.25, -0.2) is 0 Å². The van der Waals surface area contributed by atoms with Crippen LogP contribution < -0.4 is 9.47 Å². The molecule has 0 amide bonds. The predicted octanol–water partition coefficient (Wildman–Crippen LogP) is 4.78. The van der Waals surface area contributed by atoms with E-state index < -0.39 is 30.2 Å². The normalized spacial score (nSPS) is 10.5. The number of carbonyl (C=O) groups is 4. The van der Waals surface area contributed by atoms with Crippen molar-refractivity contribution in [1.29, 1.82) is 0 Å². The summed E-state index contributed by atoms with van der Waals surface area (Å²) in [6, 6.07) is 4.30. The van der Waals surface area contributed by atoms with Crippen LogP contribution in [-0.4, -0.2) is 23.9 Å². The minimum Gasteiger partial charge on any atom is -0.423 e. The van der Waals surface area contributed by atoms with Crippen molar-refractivity contribution in [2.75, 3.05) is 0 Å². The lowest BCUT2D eigenvalue weighted by molar-refractivity contribution is -0.190. The maximum atomic E-state index is 12.0. The molecule has 0 aliphatic rings. The number of benzene rings is 1. The minimum absolute atomic E-state index is 0.0107. The summed E-state index contributed by atoms with van der Waals surface area (Å²) in [7, 11) is 0. The zero-order valence-electron chi connectivity index (χ0n) is 18.7. The first-order chi connectivity index (χ1) is 14.8. The Kier molecular flexibility index (Phi) is 11.9. The molecule has 1 rings (SSSR count). The van der Waals surface area contributed by atoms with Crippen LogP contribution in [0.25, 0.3) is 0 Å². The molecule has 0 N–H and O–H groups in total. The van der Waals surface area contributed by atoms with Gasteiger partial charge in [-0.3, -0.25) is 19.2 Å². The van der Waals surface area contributed by atoms with E-state index in [2.05, 4.69) is 0 Å². The van der Waals surface area contributed by atoms with Crippen molar-refractivity contribution >= 4 is 23.9 Å². The summed E-state index contributed by atoms with van der Waals surface area (Å²) in [5.41, 5.74) is 0.281. The van der Waals surface area contributed by atoms with Gasteiger partial charge in [-0.15, -0.1) is 0 Å². The van der Waals surface area contributed by atoms with E-state index in [1.807, 2.05) is 27.7 Å². The maximum absolute atomic E-state index is 12.0. The summed E-state index contributed by atoms with van der Waals surface area (Å²) in [6.45, 7) is 7.32. The topological polar surface area (TPSA) is 105 Å². The van der Waals surface area contributed by atoms with Gasteiger partial charge in [0.05, 0.1) is 0 Å². The van der Waals surface area contributed by atoms with Crippen LogP contribution in [0.3, 0.4) is 0 Å². The van der Waals surface area contributed by atoms with Crippen molar-refractivity contribution in [3.05, 3.63) is 23.8 Å². The van der Waals surface area contributed by atoms with Gasteiger partial charge in [0.15, 0.2) is 11.5 Å². The van der Waals surface area contributed by atoms with Crippen LogP contribution in [0.1, 0.15) is 90.9 Å². The molecule has 0 bridgehead atoms. The van der Waals surface area contributed by atoms with Crippen molar-refractivity contribution in [2.45, 2.75) is 85.4 Å². The average Bonchev–Trinajstić information content (AvgIpc) is 2.69. The van der Waals surface area contributed by atoms with Crippen LogP contribution in [0, 0.1) is 0 Å². The van der Waals surface area contributed by atoms with Crippen LogP contribution in [0.2, 0.25) is 0 Å². The van der Waals surface area contributed by atoms with Gasteiger partial charge in [0, 0.05) is 31.2 Å². The molecule has 0 radical (unpaired) electrons. The second-order valence-electron chi connectivity index (χ2n) is 6.97. The molecule has 0 aliphatic carbocycles. The quantitative estimate of drug-likeness (QED) is 0.247. The van der Waals surface area contributed by atoms with E-state index in [0.29, 0.717) is 25.7 Å². The molecular formula is C23H32O8. The molecule has 172 valence electrons.